The molecule has 1 aromatic rings. The molecule has 1 fully saturated rings. The van der Waals surface area contributed by atoms with Crippen LogP contribution in [0.3, 0.4) is 0 Å². The molecule has 0 spiro atoms. The molecule has 1 aliphatic rings. The van der Waals surface area contributed by atoms with Gasteiger partial charge in [0.1, 0.15) is 6.10 Å². The van der Waals surface area contributed by atoms with Gasteiger partial charge >= 0.3 is 0 Å². The molecule has 104 valence electrons. The topological polar surface area (TPSA) is 55.3 Å². The van der Waals surface area contributed by atoms with E-state index >= 15 is 0 Å². The van der Waals surface area contributed by atoms with Crippen molar-refractivity contribution in [1.82, 2.24) is 15.1 Å². The van der Waals surface area contributed by atoms with E-state index in [1.54, 1.807) is 0 Å². The lowest BCUT2D eigenvalue weighted by atomic mass is 10.1. The summed E-state index contributed by atoms with van der Waals surface area (Å²) in [6, 6.07) is 3.71. The minimum atomic E-state index is 0.0339. The SMILES string of the molecule is CCCC(=O)N1CCCC(Oc2ccc(C)nn2)C1. The number of aryl methyl sites for hydroxylation is 1. The van der Waals surface area contributed by atoms with Gasteiger partial charge in [-0.15, -0.1) is 5.10 Å². The highest BCUT2D eigenvalue weighted by Crippen LogP contribution is 2.17. The number of hydrogen-bond donors (Lipinski definition) is 0. The van der Waals surface area contributed by atoms with E-state index in [9.17, 15) is 4.79 Å². The number of hydrogen-bond acceptors (Lipinski definition) is 4. The molecular weight excluding hydrogens is 242 g/mol. The number of ether oxygens (including phenoxy) is 1. The van der Waals surface area contributed by atoms with E-state index < -0.39 is 0 Å². The molecule has 1 amide bonds. The van der Waals surface area contributed by atoms with E-state index in [-0.39, 0.29) is 12.0 Å². The summed E-state index contributed by atoms with van der Waals surface area (Å²) in [4.78, 5) is 13.8. The van der Waals surface area contributed by atoms with Crippen LogP contribution in [-0.4, -0.2) is 40.2 Å². The van der Waals surface area contributed by atoms with Gasteiger partial charge in [0.25, 0.3) is 0 Å². The molecule has 1 aliphatic heterocycles. The summed E-state index contributed by atoms with van der Waals surface area (Å²) in [5, 5.41) is 7.98. The summed E-state index contributed by atoms with van der Waals surface area (Å²) in [5.41, 5.74) is 0.871. The van der Waals surface area contributed by atoms with Crippen molar-refractivity contribution in [3.8, 4) is 5.88 Å². The van der Waals surface area contributed by atoms with Crippen LogP contribution in [0.5, 0.6) is 5.88 Å². The smallest absolute Gasteiger partial charge is 0.233 e. The molecule has 1 unspecified atom stereocenters. The minimum absolute atomic E-state index is 0.0339. The molecule has 1 saturated heterocycles. The zero-order valence-corrected chi connectivity index (χ0v) is 11.6. The van der Waals surface area contributed by atoms with E-state index in [1.807, 2.05) is 30.9 Å². The first-order chi connectivity index (χ1) is 9.19. The normalized spacial score (nSPS) is 19.3. The molecule has 2 rings (SSSR count). The average molecular weight is 263 g/mol. The second kappa shape index (κ2) is 6.50. The lowest BCUT2D eigenvalue weighted by molar-refractivity contribution is -0.133. The largest absolute Gasteiger partial charge is 0.471 e. The molecule has 2 heterocycles. The van der Waals surface area contributed by atoms with E-state index in [0.717, 1.165) is 31.5 Å². The van der Waals surface area contributed by atoms with Gasteiger partial charge in [-0.3, -0.25) is 4.79 Å². The second-order valence-electron chi connectivity index (χ2n) is 4.98. The number of likely N-dealkylation sites (tertiary alicyclic amines) is 1. The third kappa shape index (κ3) is 3.91. The maximum Gasteiger partial charge on any atom is 0.233 e. The molecule has 0 saturated carbocycles. The third-order valence-electron chi connectivity index (χ3n) is 3.26. The van der Waals surface area contributed by atoms with Gasteiger partial charge in [0, 0.05) is 19.0 Å². The summed E-state index contributed by atoms with van der Waals surface area (Å²) >= 11 is 0. The zero-order valence-electron chi connectivity index (χ0n) is 11.6. The van der Waals surface area contributed by atoms with Crippen molar-refractivity contribution in [2.24, 2.45) is 0 Å². The maximum absolute atomic E-state index is 11.9. The van der Waals surface area contributed by atoms with Crippen LogP contribution in [-0.2, 0) is 4.79 Å². The Bertz CT molecular complexity index is 419. The molecule has 19 heavy (non-hydrogen) atoms. The highest BCUT2D eigenvalue weighted by Gasteiger charge is 2.24. The summed E-state index contributed by atoms with van der Waals surface area (Å²) in [7, 11) is 0. The Morgan fingerprint density at radius 2 is 2.32 bits per heavy atom. The van der Waals surface area contributed by atoms with Gasteiger partial charge in [0.05, 0.1) is 12.2 Å². The predicted molar refractivity (Wildman–Crippen MR) is 71.9 cm³/mol. The summed E-state index contributed by atoms with van der Waals surface area (Å²) in [6.45, 7) is 5.42. The van der Waals surface area contributed by atoms with Gasteiger partial charge < -0.3 is 9.64 Å². The number of rotatable bonds is 4. The minimum Gasteiger partial charge on any atom is -0.471 e. The number of piperidine rings is 1. The molecule has 0 radical (unpaired) electrons. The Labute approximate surface area is 114 Å². The zero-order chi connectivity index (χ0) is 13.7. The fourth-order valence-electron chi connectivity index (χ4n) is 2.25. The van der Waals surface area contributed by atoms with Gasteiger partial charge in [-0.2, -0.15) is 5.10 Å². The first kappa shape index (κ1) is 13.8. The van der Waals surface area contributed by atoms with Crippen molar-refractivity contribution in [2.45, 2.75) is 45.6 Å². The van der Waals surface area contributed by atoms with Crippen LogP contribution in [0, 0.1) is 6.92 Å². The van der Waals surface area contributed by atoms with Crippen molar-refractivity contribution in [2.75, 3.05) is 13.1 Å². The van der Waals surface area contributed by atoms with Crippen LogP contribution in [0.25, 0.3) is 0 Å². The predicted octanol–water partition coefficient (Wildman–Crippen LogP) is 1.95. The van der Waals surface area contributed by atoms with Gasteiger partial charge in [-0.1, -0.05) is 6.92 Å². The molecule has 5 heteroatoms. The Hall–Kier alpha value is -1.65. The number of aromatic nitrogens is 2. The van der Waals surface area contributed by atoms with Crippen LogP contribution in [0.2, 0.25) is 0 Å². The van der Waals surface area contributed by atoms with E-state index in [2.05, 4.69) is 10.2 Å². The first-order valence-electron chi connectivity index (χ1n) is 6.94. The number of carbonyl (C=O) groups is 1. The van der Waals surface area contributed by atoms with Crippen LogP contribution >= 0.6 is 0 Å². The monoisotopic (exact) mass is 263 g/mol. The molecule has 0 bridgehead atoms. The molecule has 0 N–H and O–H groups in total. The molecular formula is C14H21N3O2. The van der Waals surface area contributed by atoms with Gasteiger partial charge in [-0.05, 0) is 32.3 Å². The van der Waals surface area contributed by atoms with E-state index in [4.69, 9.17) is 4.74 Å². The number of nitrogens with zero attached hydrogens (tertiary/aromatic N) is 3. The Kier molecular flexibility index (Phi) is 4.71. The maximum atomic E-state index is 11.9. The number of amides is 1. The molecule has 1 atom stereocenters. The quantitative estimate of drug-likeness (QED) is 0.833. The molecule has 0 aliphatic carbocycles. The van der Waals surface area contributed by atoms with Crippen molar-refractivity contribution in [3.05, 3.63) is 17.8 Å². The first-order valence-corrected chi connectivity index (χ1v) is 6.94. The Morgan fingerprint density at radius 1 is 1.47 bits per heavy atom. The van der Waals surface area contributed by atoms with Crippen LogP contribution in [0.4, 0.5) is 0 Å². The van der Waals surface area contributed by atoms with Crippen molar-refractivity contribution < 1.29 is 9.53 Å². The van der Waals surface area contributed by atoms with Crippen molar-refractivity contribution in [1.29, 1.82) is 0 Å². The summed E-state index contributed by atoms with van der Waals surface area (Å²) in [5.74, 6) is 0.770. The molecule has 1 aromatic heterocycles. The van der Waals surface area contributed by atoms with Crippen LogP contribution < -0.4 is 4.74 Å². The van der Waals surface area contributed by atoms with Crippen molar-refractivity contribution >= 4 is 5.91 Å². The highest BCUT2D eigenvalue weighted by molar-refractivity contribution is 5.76. The van der Waals surface area contributed by atoms with Gasteiger partial charge in [0.2, 0.25) is 11.8 Å². The third-order valence-corrected chi connectivity index (χ3v) is 3.26. The standard InChI is InChI=1S/C14H21N3O2/c1-3-5-14(18)17-9-4-6-12(10-17)19-13-8-7-11(2)15-16-13/h7-8,12H,3-6,9-10H2,1-2H3. The van der Waals surface area contributed by atoms with Crippen LogP contribution in [0.1, 0.15) is 38.3 Å². The average Bonchev–Trinajstić information content (AvgIpc) is 2.42. The lowest BCUT2D eigenvalue weighted by Crippen LogP contribution is -2.44. The molecule has 0 aromatic carbocycles. The van der Waals surface area contributed by atoms with Gasteiger partial charge in [0.15, 0.2) is 0 Å². The number of carbonyl (C=O) groups excluding carboxylic acids is 1. The van der Waals surface area contributed by atoms with Crippen molar-refractivity contribution in [3.63, 3.8) is 0 Å². The van der Waals surface area contributed by atoms with E-state index in [1.165, 1.54) is 0 Å². The highest BCUT2D eigenvalue weighted by atomic mass is 16.5. The van der Waals surface area contributed by atoms with Gasteiger partial charge in [-0.25, -0.2) is 0 Å². The summed E-state index contributed by atoms with van der Waals surface area (Å²) < 4.78 is 5.80. The Morgan fingerprint density at radius 3 is 3.00 bits per heavy atom. The summed E-state index contributed by atoms with van der Waals surface area (Å²) in [6.07, 6.45) is 3.50. The Balaban J connectivity index is 1.90. The second-order valence-corrected chi connectivity index (χ2v) is 4.98. The fourth-order valence-corrected chi connectivity index (χ4v) is 2.25. The molecule has 5 nitrogen and oxygen atoms in total. The van der Waals surface area contributed by atoms with Crippen LogP contribution in [0.15, 0.2) is 12.1 Å². The fraction of sp³-hybridized carbons (Fsp3) is 0.643. The lowest BCUT2D eigenvalue weighted by Gasteiger charge is -2.32. The van der Waals surface area contributed by atoms with E-state index in [0.29, 0.717) is 18.8 Å².